The summed E-state index contributed by atoms with van der Waals surface area (Å²) in [6, 6.07) is 2.78. The Hall–Kier alpha value is -1.61. The van der Waals surface area contributed by atoms with E-state index in [1.54, 1.807) is 0 Å². The van der Waals surface area contributed by atoms with Crippen molar-refractivity contribution in [1.29, 1.82) is 0 Å². The number of alkyl halides is 4. The van der Waals surface area contributed by atoms with Crippen LogP contribution in [0.3, 0.4) is 0 Å². The summed E-state index contributed by atoms with van der Waals surface area (Å²) >= 11 is 0. The van der Waals surface area contributed by atoms with Crippen LogP contribution in [-0.2, 0) is 0 Å². The van der Waals surface area contributed by atoms with E-state index < -0.39 is 44.4 Å². The van der Waals surface area contributed by atoms with E-state index in [4.69, 9.17) is 10.0 Å². The maximum atomic E-state index is 13.3. The number of hydrogen-bond donors (Lipinski definition) is 2. The third kappa shape index (κ3) is 3.35. The molecule has 0 aliphatic carbocycles. The highest BCUT2D eigenvalue weighted by atomic mass is 19.4. The van der Waals surface area contributed by atoms with Gasteiger partial charge in [0.1, 0.15) is 12.2 Å². The molecule has 114 valence electrons. The summed E-state index contributed by atoms with van der Waals surface area (Å²) in [5.74, 6) is -0.986. The molecule has 0 unspecified atom stereocenters. The molecule has 1 amide bonds. The Morgan fingerprint density at radius 2 is 2.00 bits per heavy atom. The fourth-order valence-electron chi connectivity index (χ4n) is 2.32. The molecule has 9 heteroatoms. The smallest absolute Gasteiger partial charge is 0.423 e. The highest BCUT2D eigenvalue weighted by Crippen LogP contribution is 2.34. The topological polar surface area (TPSA) is 60.8 Å². The first-order chi connectivity index (χ1) is 9.70. The van der Waals surface area contributed by atoms with E-state index >= 15 is 0 Å². The first kappa shape index (κ1) is 15.8. The zero-order valence-corrected chi connectivity index (χ0v) is 10.7. The van der Waals surface area contributed by atoms with Gasteiger partial charge in [0.2, 0.25) is 0 Å². The van der Waals surface area contributed by atoms with Crippen LogP contribution >= 0.6 is 0 Å². The Bertz CT molecular complexity index is 537. The van der Waals surface area contributed by atoms with Crippen LogP contribution in [0.2, 0.25) is 0 Å². The number of rotatable bonds is 2. The first-order valence-corrected chi connectivity index (χ1v) is 6.18. The van der Waals surface area contributed by atoms with Crippen LogP contribution in [0.5, 0.6) is 0 Å². The Balaban J connectivity index is 2.28. The number of likely N-dealkylation sites (tertiary alicyclic amines) is 1. The second-order valence-corrected chi connectivity index (χ2v) is 4.85. The predicted octanol–water partition coefficient (Wildman–Crippen LogP) is 0.481. The lowest BCUT2D eigenvalue weighted by molar-refractivity contribution is -0.170. The Morgan fingerprint density at radius 1 is 1.33 bits per heavy atom. The van der Waals surface area contributed by atoms with Gasteiger partial charge in [-0.3, -0.25) is 4.79 Å². The molecule has 2 N–H and O–H groups in total. The standard InChI is InChI=1S/C12H12BF4NO3/c14-9-5-10(12(15,16)17)18(6-9)11(19)7-2-1-3-8(4-7)13(20)21/h1-4,9-10,20-21H,5-6H2/t9-,10-/m0/s1. The van der Waals surface area contributed by atoms with Gasteiger partial charge >= 0.3 is 13.3 Å². The number of benzene rings is 1. The Morgan fingerprint density at radius 3 is 2.57 bits per heavy atom. The number of carbonyl (C=O) groups excluding carboxylic acids is 1. The van der Waals surface area contributed by atoms with Gasteiger partial charge in [-0.05, 0) is 17.6 Å². The van der Waals surface area contributed by atoms with Crippen molar-refractivity contribution in [1.82, 2.24) is 4.90 Å². The van der Waals surface area contributed by atoms with Gasteiger partial charge in [0.15, 0.2) is 0 Å². The zero-order valence-electron chi connectivity index (χ0n) is 10.7. The van der Waals surface area contributed by atoms with Gasteiger partial charge < -0.3 is 14.9 Å². The minimum Gasteiger partial charge on any atom is -0.423 e. The summed E-state index contributed by atoms with van der Waals surface area (Å²) in [6.45, 7) is -0.630. The predicted molar refractivity (Wildman–Crippen MR) is 66.7 cm³/mol. The lowest BCUT2D eigenvalue weighted by Gasteiger charge is -2.26. The molecular formula is C12H12BF4NO3. The van der Waals surface area contributed by atoms with Gasteiger partial charge in [0, 0.05) is 12.0 Å². The van der Waals surface area contributed by atoms with Crippen molar-refractivity contribution in [3.8, 4) is 0 Å². The van der Waals surface area contributed by atoms with E-state index in [0.717, 1.165) is 6.07 Å². The quantitative estimate of drug-likeness (QED) is 0.617. The molecule has 1 aromatic carbocycles. The van der Waals surface area contributed by atoms with Gasteiger partial charge in [-0.25, -0.2) is 4.39 Å². The van der Waals surface area contributed by atoms with Crippen molar-refractivity contribution in [2.24, 2.45) is 0 Å². The van der Waals surface area contributed by atoms with Crippen LogP contribution in [-0.4, -0.2) is 52.9 Å². The van der Waals surface area contributed by atoms with Crippen LogP contribution in [0, 0.1) is 0 Å². The zero-order chi connectivity index (χ0) is 15.8. The maximum Gasteiger partial charge on any atom is 0.488 e. The molecule has 21 heavy (non-hydrogen) atoms. The van der Waals surface area contributed by atoms with Crippen LogP contribution in [0.4, 0.5) is 17.6 Å². The van der Waals surface area contributed by atoms with Crippen molar-refractivity contribution < 1.29 is 32.4 Å². The molecule has 4 nitrogen and oxygen atoms in total. The normalized spacial score (nSPS) is 22.5. The van der Waals surface area contributed by atoms with Gasteiger partial charge in [0.05, 0.1) is 6.54 Å². The summed E-state index contributed by atoms with van der Waals surface area (Å²) in [6.07, 6.45) is -7.21. The number of hydrogen-bond acceptors (Lipinski definition) is 3. The number of nitrogens with zero attached hydrogens (tertiary/aromatic N) is 1. The minimum atomic E-state index is -4.70. The van der Waals surface area contributed by atoms with Crippen molar-refractivity contribution >= 4 is 18.5 Å². The van der Waals surface area contributed by atoms with Crippen molar-refractivity contribution in [2.75, 3.05) is 6.54 Å². The molecule has 2 rings (SSSR count). The second-order valence-electron chi connectivity index (χ2n) is 4.85. The molecular weight excluding hydrogens is 293 g/mol. The van der Waals surface area contributed by atoms with E-state index in [0.29, 0.717) is 4.90 Å². The highest BCUT2D eigenvalue weighted by Gasteiger charge is 2.51. The second kappa shape index (κ2) is 5.65. The van der Waals surface area contributed by atoms with Gasteiger partial charge in [0.25, 0.3) is 5.91 Å². The third-order valence-electron chi connectivity index (χ3n) is 3.32. The highest BCUT2D eigenvalue weighted by molar-refractivity contribution is 6.58. The lowest BCUT2D eigenvalue weighted by Crippen LogP contribution is -2.45. The maximum absolute atomic E-state index is 13.3. The molecule has 1 aliphatic heterocycles. The Kier molecular flexibility index (Phi) is 4.24. The molecule has 1 heterocycles. The molecule has 2 atom stereocenters. The number of halogens is 4. The Labute approximate surface area is 118 Å². The van der Waals surface area contributed by atoms with Gasteiger partial charge in [-0.15, -0.1) is 0 Å². The molecule has 1 aromatic rings. The third-order valence-corrected chi connectivity index (χ3v) is 3.32. The van der Waals surface area contributed by atoms with Gasteiger partial charge in [-0.1, -0.05) is 12.1 Å². The molecule has 1 fully saturated rings. The minimum absolute atomic E-state index is 0.0274. The largest absolute Gasteiger partial charge is 0.488 e. The van der Waals surface area contributed by atoms with Gasteiger partial charge in [-0.2, -0.15) is 13.2 Å². The molecule has 0 saturated carbocycles. The van der Waals surface area contributed by atoms with E-state index in [1.807, 2.05) is 0 Å². The molecule has 1 aliphatic rings. The molecule has 1 saturated heterocycles. The average Bonchev–Trinajstić information content (AvgIpc) is 2.80. The van der Waals surface area contributed by atoms with E-state index in [1.165, 1.54) is 18.2 Å². The first-order valence-electron chi connectivity index (χ1n) is 6.18. The van der Waals surface area contributed by atoms with Crippen molar-refractivity contribution in [2.45, 2.75) is 24.8 Å². The van der Waals surface area contributed by atoms with Crippen molar-refractivity contribution in [3.63, 3.8) is 0 Å². The monoisotopic (exact) mass is 305 g/mol. The van der Waals surface area contributed by atoms with E-state index in [9.17, 15) is 22.4 Å². The lowest BCUT2D eigenvalue weighted by atomic mass is 9.79. The fourth-order valence-corrected chi connectivity index (χ4v) is 2.32. The summed E-state index contributed by atoms with van der Waals surface area (Å²) in [4.78, 5) is 12.6. The average molecular weight is 305 g/mol. The van der Waals surface area contributed by atoms with Crippen LogP contribution in [0.25, 0.3) is 0 Å². The number of carbonyl (C=O) groups is 1. The molecule has 0 spiro atoms. The summed E-state index contributed by atoms with van der Waals surface area (Å²) in [7, 11) is -1.84. The molecule has 0 radical (unpaired) electrons. The molecule has 0 aromatic heterocycles. The summed E-state index contributed by atoms with van der Waals surface area (Å²) in [5.41, 5.74) is -0.177. The van der Waals surface area contributed by atoms with E-state index in [2.05, 4.69) is 0 Å². The fraction of sp³-hybridized carbons (Fsp3) is 0.417. The van der Waals surface area contributed by atoms with Crippen LogP contribution in [0.1, 0.15) is 16.8 Å². The van der Waals surface area contributed by atoms with Crippen LogP contribution in [0.15, 0.2) is 24.3 Å². The SMILES string of the molecule is O=C(c1cccc(B(O)O)c1)N1C[C@@H](F)C[C@H]1C(F)(F)F. The van der Waals surface area contributed by atoms with E-state index in [-0.39, 0.29) is 11.0 Å². The number of amides is 1. The summed E-state index contributed by atoms with van der Waals surface area (Å²) in [5, 5.41) is 18.0. The summed E-state index contributed by atoms with van der Waals surface area (Å²) < 4.78 is 51.7. The molecule has 0 bridgehead atoms. The van der Waals surface area contributed by atoms with Crippen molar-refractivity contribution in [3.05, 3.63) is 29.8 Å². The van der Waals surface area contributed by atoms with Crippen LogP contribution < -0.4 is 5.46 Å².